The number of ether oxygens (including phenoxy) is 2. The Morgan fingerprint density at radius 2 is 1.95 bits per heavy atom. The summed E-state index contributed by atoms with van der Waals surface area (Å²) in [7, 11) is 0. The van der Waals surface area contributed by atoms with Crippen LogP contribution < -0.4 is 20.5 Å². The number of halogens is 1. The predicted octanol–water partition coefficient (Wildman–Crippen LogP) is 2.75. The van der Waals surface area contributed by atoms with E-state index in [9.17, 15) is 4.39 Å². The molecule has 0 fully saturated rings. The Hall–Kier alpha value is -2.43. The first-order valence-electron chi connectivity index (χ1n) is 5.90. The molecule has 0 radical (unpaired) electrons. The molecule has 98 valence electrons. The van der Waals surface area contributed by atoms with Crippen LogP contribution in [0.4, 0.5) is 15.8 Å². The van der Waals surface area contributed by atoms with Gasteiger partial charge in [0, 0.05) is 6.54 Å². The van der Waals surface area contributed by atoms with Crippen LogP contribution in [0.25, 0.3) is 0 Å². The zero-order chi connectivity index (χ0) is 13.2. The number of anilines is 2. The third-order valence-corrected chi connectivity index (χ3v) is 2.93. The van der Waals surface area contributed by atoms with Gasteiger partial charge >= 0.3 is 0 Å². The number of nitrogens with one attached hydrogen (secondary N) is 1. The number of hydrogen-bond donors (Lipinski definition) is 2. The van der Waals surface area contributed by atoms with E-state index in [1.165, 1.54) is 12.1 Å². The van der Waals surface area contributed by atoms with Gasteiger partial charge in [0.2, 0.25) is 6.79 Å². The Morgan fingerprint density at radius 3 is 2.79 bits per heavy atom. The van der Waals surface area contributed by atoms with Crippen molar-refractivity contribution in [2.45, 2.75) is 6.54 Å². The van der Waals surface area contributed by atoms with Crippen LogP contribution in [0, 0.1) is 5.82 Å². The number of hydrogen-bond acceptors (Lipinski definition) is 4. The molecular formula is C14H13FN2O2. The summed E-state index contributed by atoms with van der Waals surface area (Å²) in [5, 5.41) is 3.16. The van der Waals surface area contributed by atoms with Crippen LogP contribution in [0.3, 0.4) is 0 Å². The smallest absolute Gasteiger partial charge is 0.231 e. The molecule has 2 aromatic carbocycles. The molecular weight excluding hydrogens is 247 g/mol. The lowest BCUT2D eigenvalue weighted by atomic mass is 10.2. The lowest BCUT2D eigenvalue weighted by molar-refractivity contribution is 0.174. The predicted molar refractivity (Wildman–Crippen MR) is 70.7 cm³/mol. The van der Waals surface area contributed by atoms with Gasteiger partial charge in [-0.1, -0.05) is 6.07 Å². The second-order valence-electron chi connectivity index (χ2n) is 4.27. The van der Waals surface area contributed by atoms with E-state index in [1.807, 2.05) is 18.2 Å². The highest BCUT2D eigenvalue weighted by Gasteiger charge is 2.13. The number of rotatable bonds is 3. The van der Waals surface area contributed by atoms with Gasteiger partial charge in [0.25, 0.3) is 0 Å². The highest BCUT2D eigenvalue weighted by atomic mass is 19.1. The molecule has 1 aliphatic heterocycles. The van der Waals surface area contributed by atoms with Gasteiger partial charge in [-0.05, 0) is 35.9 Å². The number of nitrogens with two attached hydrogens (primary N) is 1. The molecule has 2 aromatic rings. The first kappa shape index (κ1) is 11.6. The number of nitrogen functional groups attached to an aromatic ring is 1. The van der Waals surface area contributed by atoms with Crippen LogP contribution in [0.1, 0.15) is 5.56 Å². The van der Waals surface area contributed by atoms with Crippen LogP contribution in [-0.4, -0.2) is 6.79 Å². The zero-order valence-electron chi connectivity index (χ0n) is 10.2. The van der Waals surface area contributed by atoms with E-state index in [2.05, 4.69) is 5.32 Å². The fourth-order valence-electron chi connectivity index (χ4n) is 1.94. The normalized spacial score (nSPS) is 12.5. The fourth-order valence-corrected chi connectivity index (χ4v) is 1.94. The lowest BCUT2D eigenvalue weighted by Gasteiger charge is -2.09. The van der Waals surface area contributed by atoms with Gasteiger partial charge in [0.05, 0.1) is 11.4 Å². The van der Waals surface area contributed by atoms with Crippen molar-refractivity contribution >= 4 is 11.4 Å². The molecule has 5 heteroatoms. The molecule has 1 aliphatic rings. The molecule has 0 atom stereocenters. The van der Waals surface area contributed by atoms with Gasteiger partial charge in [-0.25, -0.2) is 4.39 Å². The summed E-state index contributed by atoms with van der Waals surface area (Å²) in [5.41, 5.74) is 7.86. The Balaban J connectivity index is 1.72. The molecule has 0 saturated carbocycles. The van der Waals surface area contributed by atoms with E-state index in [-0.39, 0.29) is 12.6 Å². The zero-order valence-corrected chi connectivity index (χ0v) is 10.2. The van der Waals surface area contributed by atoms with Crippen LogP contribution >= 0.6 is 0 Å². The molecule has 3 rings (SSSR count). The minimum Gasteiger partial charge on any atom is -0.454 e. The van der Waals surface area contributed by atoms with Crippen molar-refractivity contribution in [3.63, 3.8) is 0 Å². The minimum atomic E-state index is -0.342. The van der Waals surface area contributed by atoms with Crippen LogP contribution in [0.5, 0.6) is 11.5 Å². The van der Waals surface area contributed by atoms with Gasteiger partial charge < -0.3 is 20.5 Å². The standard InChI is InChI=1S/C14H13FN2O2/c15-10-2-3-12(11(16)6-10)17-7-9-1-4-13-14(5-9)19-8-18-13/h1-6,17H,7-8,16H2. The summed E-state index contributed by atoms with van der Waals surface area (Å²) >= 11 is 0. The quantitative estimate of drug-likeness (QED) is 0.833. The highest BCUT2D eigenvalue weighted by molar-refractivity contribution is 5.66. The van der Waals surface area contributed by atoms with Crippen molar-refractivity contribution in [3.8, 4) is 11.5 Å². The van der Waals surface area contributed by atoms with Crippen molar-refractivity contribution in [1.29, 1.82) is 0 Å². The Labute approximate surface area is 109 Å². The fraction of sp³-hybridized carbons (Fsp3) is 0.143. The SMILES string of the molecule is Nc1cc(F)ccc1NCc1ccc2c(c1)OCO2. The van der Waals surface area contributed by atoms with Gasteiger partial charge in [-0.15, -0.1) is 0 Å². The summed E-state index contributed by atoms with van der Waals surface area (Å²) in [6, 6.07) is 10.0. The van der Waals surface area contributed by atoms with Gasteiger partial charge in [0.1, 0.15) is 5.82 Å². The molecule has 0 saturated heterocycles. The number of benzene rings is 2. The van der Waals surface area contributed by atoms with Crippen LogP contribution in [-0.2, 0) is 6.54 Å². The lowest BCUT2D eigenvalue weighted by Crippen LogP contribution is -2.02. The van der Waals surface area contributed by atoms with Crippen LogP contribution in [0.15, 0.2) is 36.4 Å². The first-order valence-corrected chi connectivity index (χ1v) is 5.90. The maximum absolute atomic E-state index is 12.9. The summed E-state index contributed by atoms with van der Waals surface area (Å²) in [6.07, 6.45) is 0. The Morgan fingerprint density at radius 1 is 1.11 bits per heavy atom. The Bertz CT molecular complexity index is 616. The average molecular weight is 260 g/mol. The third-order valence-electron chi connectivity index (χ3n) is 2.93. The van der Waals surface area contributed by atoms with Crippen molar-refractivity contribution in [2.75, 3.05) is 17.8 Å². The molecule has 0 spiro atoms. The molecule has 3 N–H and O–H groups in total. The van der Waals surface area contributed by atoms with Gasteiger partial charge in [0.15, 0.2) is 11.5 Å². The monoisotopic (exact) mass is 260 g/mol. The van der Waals surface area contributed by atoms with Crippen molar-refractivity contribution in [3.05, 3.63) is 47.8 Å². The van der Waals surface area contributed by atoms with Crippen molar-refractivity contribution < 1.29 is 13.9 Å². The van der Waals surface area contributed by atoms with Crippen molar-refractivity contribution in [2.24, 2.45) is 0 Å². The molecule has 0 bridgehead atoms. The van der Waals surface area contributed by atoms with Crippen LogP contribution in [0.2, 0.25) is 0 Å². The van der Waals surface area contributed by atoms with Gasteiger partial charge in [-0.3, -0.25) is 0 Å². The summed E-state index contributed by atoms with van der Waals surface area (Å²) in [5.74, 6) is 1.16. The largest absolute Gasteiger partial charge is 0.454 e. The number of fused-ring (bicyclic) bond motifs is 1. The second-order valence-corrected chi connectivity index (χ2v) is 4.27. The second kappa shape index (κ2) is 4.68. The minimum absolute atomic E-state index is 0.261. The summed E-state index contributed by atoms with van der Waals surface area (Å²) in [4.78, 5) is 0. The van der Waals surface area contributed by atoms with E-state index >= 15 is 0 Å². The third kappa shape index (κ3) is 2.40. The highest BCUT2D eigenvalue weighted by Crippen LogP contribution is 2.32. The van der Waals surface area contributed by atoms with E-state index in [1.54, 1.807) is 6.07 Å². The summed E-state index contributed by atoms with van der Waals surface area (Å²) < 4.78 is 23.5. The molecule has 0 aliphatic carbocycles. The van der Waals surface area contributed by atoms with Gasteiger partial charge in [-0.2, -0.15) is 0 Å². The summed E-state index contributed by atoms with van der Waals surface area (Å²) in [6.45, 7) is 0.837. The van der Waals surface area contributed by atoms with E-state index < -0.39 is 0 Å². The molecule has 19 heavy (non-hydrogen) atoms. The average Bonchev–Trinajstić information content (AvgIpc) is 2.85. The van der Waals surface area contributed by atoms with E-state index in [0.717, 1.165) is 17.1 Å². The first-order chi connectivity index (χ1) is 9.22. The maximum Gasteiger partial charge on any atom is 0.231 e. The molecule has 4 nitrogen and oxygen atoms in total. The molecule has 1 heterocycles. The Kier molecular flexibility index (Phi) is 2.87. The van der Waals surface area contributed by atoms with E-state index in [0.29, 0.717) is 17.9 Å². The molecule has 0 unspecified atom stereocenters. The van der Waals surface area contributed by atoms with E-state index in [4.69, 9.17) is 15.2 Å². The van der Waals surface area contributed by atoms with Crippen molar-refractivity contribution in [1.82, 2.24) is 0 Å². The molecule has 0 aromatic heterocycles. The molecule has 0 amide bonds. The topological polar surface area (TPSA) is 56.5 Å². The maximum atomic E-state index is 12.9.